The Hall–Kier alpha value is -1.53. The summed E-state index contributed by atoms with van der Waals surface area (Å²) >= 11 is 1.46. The van der Waals surface area contributed by atoms with Crippen LogP contribution in [0.2, 0.25) is 0 Å². The number of hydrogen-bond donors (Lipinski definition) is 1. The average molecular weight is 293 g/mol. The number of benzene rings is 1. The van der Waals surface area contributed by atoms with Crippen LogP contribution in [0.5, 0.6) is 5.75 Å². The summed E-state index contributed by atoms with van der Waals surface area (Å²) in [6, 6.07) is 6.03. The van der Waals surface area contributed by atoms with Crippen molar-refractivity contribution in [1.82, 2.24) is 14.8 Å². The van der Waals surface area contributed by atoms with E-state index in [0.717, 1.165) is 22.0 Å². The third-order valence-corrected chi connectivity index (χ3v) is 3.89. The molecule has 0 amide bonds. The zero-order valence-electron chi connectivity index (χ0n) is 11.9. The maximum Gasteiger partial charge on any atom is 0.190 e. The molecule has 1 aromatic carbocycles. The van der Waals surface area contributed by atoms with Crippen molar-refractivity contribution in [1.29, 1.82) is 0 Å². The number of thioether (sulfide) groups is 1. The van der Waals surface area contributed by atoms with Gasteiger partial charge in [0.05, 0.1) is 6.10 Å². The lowest BCUT2D eigenvalue weighted by Gasteiger charge is -2.12. The lowest BCUT2D eigenvalue weighted by molar-refractivity contribution is 0.126. The van der Waals surface area contributed by atoms with Crippen LogP contribution in [-0.2, 0) is 7.05 Å². The number of rotatable bonds is 6. The predicted octanol–water partition coefficient (Wildman–Crippen LogP) is 1.96. The Morgan fingerprint density at radius 2 is 2.00 bits per heavy atom. The molecule has 1 heterocycles. The van der Waals surface area contributed by atoms with Crippen LogP contribution < -0.4 is 4.74 Å². The van der Waals surface area contributed by atoms with Crippen LogP contribution >= 0.6 is 11.8 Å². The van der Waals surface area contributed by atoms with Gasteiger partial charge in [-0.25, -0.2) is 0 Å². The maximum atomic E-state index is 9.94. The predicted molar refractivity (Wildman–Crippen MR) is 79.1 cm³/mol. The second-order valence-corrected chi connectivity index (χ2v) is 5.81. The smallest absolute Gasteiger partial charge is 0.190 e. The molecule has 2 aromatic rings. The summed E-state index contributed by atoms with van der Waals surface area (Å²) in [5.41, 5.74) is 2.31. The number of hydrogen-bond acceptors (Lipinski definition) is 5. The van der Waals surface area contributed by atoms with Gasteiger partial charge in [-0.15, -0.1) is 10.2 Å². The molecule has 0 saturated heterocycles. The molecular weight excluding hydrogens is 274 g/mol. The van der Waals surface area contributed by atoms with Gasteiger partial charge in [0.15, 0.2) is 5.16 Å². The van der Waals surface area contributed by atoms with Crippen LogP contribution in [0.15, 0.2) is 29.7 Å². The van der Waals surface area contributed by atoms with Gasteiger partial charge in [-0.1, -0.05) is 17.8 Å². The topological polar surface area (TPSA) is 60.2 Å². The molecule has 0 aliphatic heterocycles. The Kier molecular flexibility index (Phi) is 5.03. The normalized spacial score (nSPS) is 12.4. The summed E-state index contributed by atoms with van der Waals surface area (Å²) in [6.07, 6.45) is 1.10. The fourth-order valence-electron chi connectivity index (χ4n) is 1.83. The second-order valence-electron chi connectivity index (χ2n) is 4.82. The monoisotopic (exact) mass is 293 g/mol. The molecule has 1 N–H and O–H groups in total. The van der Waals surface area contributed by atoms with Crippen LogP contribution in [0, 0.1) is 13.8 Å². The van der Waals surface area contributed by atoms with Crippen molar-refractivity contribution in [3.8, 4) is 5.75 Å². The second kappa shape index (κ2) is 6.76. The van der Waals surface area contributed by atoms with Crippen molar-refractivity contribution in [2.75, 3.05) is 12.4 Å². The molecule has 0 saturated carbocycles. The van der Waals surface area contributed by atoms with Gasteiger partial charge in [0.25, 0.3) is 0 Å². The standard InChI is InChI=1S/C14H19N3O2S/c1-10-4-11(2)6-13(5-10)19-7-12(18)8-20-14-16-15-9-17(14)3/h4-6,9,12,18H,7-8H2,1-3H3. The van der Waals surface area contributed by atoms with E-state index in [1.54, 1.807) is 6.33 Å². The minimum absolute atomic E-state index is 0.272. The van der Waals surface area contributed by atoms with Crippen molar-refractivity contribution in [3.05, 3.63) is 35.7 Å². The number of aliphatic hydroxyl groups is 1. The summed E-state index contributed by atoms with van der Waals surface area (Å²) < 4.78 is 7.45. The first-order valence-corrected chi connectivity index (χ1v) is 7.39. The van der Waals surface area contributed by atoms with E-state index in [2.05, 4.69) is 16.3 Å². The van der Waals surface area contributed by atoms with Crippen LogP contribution in [-0.4, -0.2) is 38.3 Å². The first kappa shape index (κ1) is 14.9. The molecule has 0 aliphatic rings. The summed E-state index contributed by atoms with van der Waals surface area (Å²) in [5, 5.41) is 18.5. The van der Waals surface area contributed by atoms with Crippen LogP contribution in [0.1, 0.15) is 11.1 Å². The summed E-state index contributed by atoms with van der Waals surface area (Å²) in [4.78, 5) is 0. The van der Waals surface area contributed by atoms with E-state index in [1.165, 1.54) is 11.8 Å². The maximum absolute atomic E-state index is 9.94. The van der Waals surface area contributed by atoms with Gasteiger partial charge in [0.1, 0.15) is 18.7 Å². The minimum atomic E-state index is -0.544. The van der Waals surface area contributed by atoms with E-state index >= 15 is 0 Å². The molecule has 0 bridgehead atoms. The fourth-order valence-corrected chi connectivity index (χ4v) is 2.62. The zero-order chi connectivity index (χ0) is 14.5. The zero-order valence-corrected chi connectivity index (χ0v) is 12.7. The van der Waals surface area contributed by atoms with Crippen LogP contribution in [0.3, 0.4) is 0 Å². The minimum Gasteiger partial charge on any atom is -0.491 e. The van der Waals surface area contributed by atoms with Crippen molar-refractivity contribution in [2.45, 2.75) is 25.1 Å². The summed E-state index contributed by atoms with van der Waals surface area (Å²) in [6.45, 7) is 4.33. The van der Waals surface area contributed by atoms with Crippen molar-refractivity contribution < 1.29 is 9.84 Å². The molecule has 6 heteroatoms. The van der Waals surface area contributed by atoms with Gasteiger partial charge < -0.3 is 14.4 Å². The molecule has 1 aromatic heterocycles. The van der Waals surface area contributed by atoms with E-state index in [-0.39, 0.29) is 6.61 Å². The van der Waals surface area contributed by atoms with Gasteiger partial charge >= 0.3 is 0 Å². The van der Waals surface area contributed by atoms with Gasteiger partial charge in [-0.05, 0) is 37.1 Å². The molecule has 0 fully saturated rings. The van der Waals surface area contributed by atoms with Gasteiger partial charge in [0, 0.05) is 12.8 Å². The van der Waals surface area contributed by atoms with E-state index < -0.39 is 6.10 Å². The van der Waals surface area contributed by atoms with E-state index in [0.29, 0.717) is 5.75 Å². The fraction of sp³-hybridized carbons (Fsp3) is 0.429. The number of aryl methyl sites for hydroxylation is 3. The third kappa shape index (κ3) is 4.25. The number of nitrogens with zero attached hydrogens (tertiary/aromatic N) is 3. The van der Waals surface area contributed by atoms with Crippen molar-refractivity contribution in [2.24, 2.45) is 7.05 Å². The first-order chi connectivity index (χ1) is 9.54. The Balaban J connectivity index is 1.80. The Labute approximate surface area is 123 Å². The third-order valence-electron chi connectivity index (χ3n) is 2.71. The molecule has 1 unspecified atom stereocenters. The average Bonchev–Trinajstić information content (AvgIpc) is 2.78. The van der Waals surface area contributed by atoms with E-state index in [4.69, 9.17) is 4.74 Å². The molecule has 1 atom stereocenters. The van der Waals surface area contributed by atoms with Gasteiger partial charge in [0.2, 0.25) is 0 Å². The summed E-state index contributed by atoms with van der Waals surface area (Å²) in [5.74, 6) is 1.32. The van der Waals surface area contributed by atoms with Gasteiger partial charge in [-0.3, -0.25) is 0 Å². The first-order valence-electron chi connectivity index (χ1n) is 6.40. The molecule has 20 heavy (non-hydrogen) atoms. The van der Waals surface area contributed by atoms with Gasteiger partial charge in [-0.2, -0.15) is 0 Å². The number of aromatic nitrogens is 3. The van der Waals surface area contributed by atoms with Crippen LogP contribution in [0.4, 0.5) is 0 Å². The highest BCUT2D eigenvalue weighted by atomic mass is 32.2. The quantitative estimate of drug-likeness (QED) is 0.825. The highest BCUT2D eigenvalue weighted by Crippen LogP contribution is 2.18. The highest BCUT2D eigenvalue weighted by molar-refractivity contribution is 7.99. The number of ether oxygens (including phenoxy) is 1. The summed E-state index contributed by atoms with van der Waals surface area (Å²) in [7, 11) is 1.88. The molecule has 0 radical (unpaired) electrons. The van der Waals surface area contributed by atoms with Crippen molar-refractivity contribution >= 4 is 11.8 Å². The largest absolute Gasteiger partial charge is 0.491 e. The Morgan fingerprint density at radius 3 is 2.60 bits per heavy atom. The molecular formula is C14H19N3O2S. The molecule has 5 nitrogen and oxygen atoms in total. The number of aliphatic hydroxyl groups excluding tert-OH is 1. The Bertz CT molecular complexity index is 551. The van der Waals surface area contributed by atoms with Crippen LogP contribution in [0.25, 0.3) is 0 Å². The molecule has 0 aliphatic carbocycles. The lowest BCUT2D eigenvalue weighted by atomic mass is 10.1. The van der Waals surface area contributed by atoms with Crippen molar-refractivity contribution in [3.63, 3.8) is 0 Å². The van der Waals surface area contributed by atoms with E-state index in [9.17, 15) is 5.11 Å². The Morgan fingerprint density at radius 1 is 1.30 bits per heavy atom. The molecule has 2 rings (SSSR count). The van der Waals surface area contributed by atoms with E-state index in [1.807, 2.05) is 37.6 Å². The lowest BCUT2D eigenvalue weighted by Crippen LogP contribution is -2.20. The molecule has 108 valence electrons. The highest BCUT2D eigenvalue weighted by Gasteiger charge is 2.09. The SMILES string of the molecule is Cc1cc(C)cc(OCC(O)CSc2nncn2C)c1. The molecule has 0 spiro atoms.